The van der Waals surface area contributed by atoms with Crippen molar-refractivity contribution in [3.63, 3.8) is 0 Å². The van der Waals surface area contributed by atoms with Crippen molar-refractivity contribution in [3.05, 3.63) is 84.1 Å². The molecule has 1 aromatic heterocycles. The van der Waals surface area contributed by atoms with Gasteiger partial charge in [0.25, 0.3) is 16.9 Å². The van der Waals surface area contributed by atoms with Crippen molar-refractivity contribution in [2.75, 3.05) is 17.4 Å². The van der Waals surface area contributed by atoms with Gasteiger partial charge in [-0.3, -0.25) is 4.79 Å². The molecule has 2 N–H and O–H groups in total. The molecule has 0 radical (unpaired) electrons. The minimum atomic E-state index is -3.85. The summed E-state index contributed by atoms with van der Waals surface area (Å²) in [7, 11) is -5.48. The highest BCUT2D eigenvalue weighted by atomic mass is 32.2. The van der Waals surface area contributed by atoms with E-state index in [0.717, 1.165) is 5.06 Å². The number of sulfone groups is 1. The summed E-state index contributed by atoms with van der Waals surface area (Å²) in [6, 6.07) is 18.6. The summed E-state index contributed by atoms with van der Waals surface area (Å²) < 4.78 is 52.3. The maximum absolute atomic E-state index is 13.0. The van der Waals surface area contributed by atoms with Crippen LogP contribution in [0.4, 0.5) is 11.4 Å². The van der Waals surface area contributed by atoms with Gasteiger partial charge in [-0.2, -0.15) is 4.28 Å². The summed E-state index contributed by atoms with van der Waals surface area (Å²) in [6.45, 7) is 0. The average Bonchev–Trinajstić information content (AvgIpc) is 3.27. The highest BCUT2D eigenvalue weighted by Gasteiger charge is 2.19. The van der Waals surface area contributed by atoms with Gasteiger partial charge in [0.1, 0.15) is 5.69 Å². The number of hydroxylamine groups is 1. The lowest BCUT2D eigenvalue weighted by atomic mass is 10.2. The lowest BCUT2D eigenvalue weighted by Gasteiger charge is -2.13. The van der Waals surface area contributed by atoms with Gasteiger partial charge in [-0.15, -0.1) is 6.42 Å². The fourth-order valence-electron chi connectivity index (χ4n) is 3.41. The number of terminal acetylenes is 1. The topological polar surface area (TPSA) is 126 Å². The van der Waals surface area contributed by atoms with Crippen molar-refractivity contribution in [2.45, 2.75) is 9.79 Å². The summed E-state index contributed by atoms with van der Waals surface area (Å²) in [6.07, 6.45) is 5.38. The second-order valence-electron chi connectivity index (χ2n) is 7.41. The van der Waals surface area contributed by atoms with E-state index in [1.54, 1.807) is 42.5 Å². The molecule has 4 rings (SSSR count). The first-order chi connectivity index (χ1) is 16.7. The van der Waals surface area contributed by atoms with Crippen LogP contribution in [0.25, 0.3) is 10.9 Å². The molecule has 0 bridgehead atoms. The zero-order chi connectivity index (χ0) is 25.2. The molecule has 1 heterocycles. The number of benzene rings is 3. The van der Waals surface area contributed by atoms with Crippen molar-refractivity contribution in [1.82, 2.24) is 4.98 Å². The molecule has 0 fully saturated rings. The average molecular weight is 510 g/mol. The number of carbonyl (C=O) groups is 1. The van der Waals surface area contributed by atoms with Crippen LogP contribution in [-0.4, -0.2) is 34.8 Å². The first-order valence-electron chi connectivity index (χ1n) is 10.1. The van der Waals surface area contributed by atoms with E-state index in [2.05, 4.69) is 20.5 Å². The van der Waals surface area contributed by atoms with Crippen LogP contribution in [0.5, 0.6) is 0 Å². The standard InChI is InChI=1S/C24H19N3O6S2/c1-3-16-6-4-8-20(12-16)35(31,32)21-9-5-7-18(14-21)25-24(28)23-13-17-10-11-19(15-22(17)26-23)27(2)33-34(29)30/h1,4-15,26,34H,2H3,(H,25,28). The fraction of sp³-hybridized carbons (Fsp3) is 0.0417. The summed E-state index contributed by atoms with van der Waals surface area (Å²) >= 11 is 0. The molecule has 0 atom stereocenters. The Balaban J connectivity index is 1.57. The number of thiol groups is 1. The van der Waals surface area contributed by atoms with Crippen molar-refractivity contribution in [3.8, 4) is 12.3 Å². The monoisotopic (exact) mass is 509 g/mol. The number of fused-ring (bicyclic) bond motifs is 1. The van der Waals surface area contributed by atoms with Crippen molar-refractivity contribution in [2.24, 2.45) is 0 Å². The number of anilines is 2. The summed E-state index contributed by atoms with van der Waals surface area (Å²) in [5.41, 5.74) is 1.99. The van der Waals surface area contributed by atoms with Crippen LogP contribution in [0.1, 0.15) is 16.1 Å². The molecular formula is C24H19N3O6S2. The Morgan fingerprint density at radius 2 is 1.74 bits per heavy atom. The number of nitrogens with zero attached hydrogens (tertiary/aromatic N) is 1. The number of hydrogen-bond acceptors (Lipinski definition) is 7. The zero-order valence-electron chi connectivity index (χ0n) is 18.3. The van der Waals surface area contributed by atoms with Crippen LogP contribution in [0, 0.1) is 12.3 Å². The number of H-pyrrole nitrogens is 1. The molecule has 9 nitrogen and oxygen atoms in total. The molecule has 3 aromatic carbocycles. The van der Waals surface area contributed by atoms with Gasteiger partial charge in [-0.1, -0.05) is 24.1 Å². The Bertz CT molecular complexity index is 1660. The van der Waals surface area contributed by atoms with Crippen molar-refractivity contribution < 1.29 is 25.9 Å². The Hall–Kier alpha value is -4.11. The Morgan fingerprint density at radius 3 is 2.46 bits per heavy atom. The van der Waals surface area contributed by atoms with Gasteiger partial charge < -0.3 is 10.3 Å². The van der Waals surface area contributed by atoms with E-state index >= 15 is 0 Å². The predicted octanol–water partition coefficient (Wildman–Crippen LogP) is 3.13. The van der Waals surface area contributed by atoms with E-state index in [1.165, 1.54) is 37.4 Å². The molecule has 0 aliphatic rings. The van der Waals surface area contributed by atoms with Gasteiger partial charge in [0.15, 0.2) is 0 Å². The maximum Gasteiger partial charge on any atom is 0.277 e. The normalized spacial score (nSPS) is 11.3. The molecule has 0 spiro atoms. The van der Waals surface area contributed by atoms with Crippen LogP contribution < -0.4 is 10.4 Å². The van der Waals surface area contributed by atoms with Crippen LogP contribution >= 0.6 is 0 Å². The zero-order valence-corrected chi connectivity index (χ0v) is 20.0. The third-order valence-electron chi connectivity index (χ3n) is 5.12. The minimum Gasteiger partial charge on any atom is -0.350 e. The van der Waals surface area contributed by atoms with Crippen molar-refractivity contribution in [1.29, 1.82) is 0 Å². The second-order valence-corrected chi connectivity index (χ2v) is 9.98. The van der Waals surface area contributed by atoms with E-state index in [4.69, 9.17) is 6.42 Å². The van der Waals surface area contributed by atoms with Gasteiger partial charge in [0, 0.05) is 29.2 Å². The summed E-state index contributed by atoms with van der Waals surface area (Å²) in [4.78, 5) is 15.9. The maximum atomic E-state index is 13.0. The third-order valence-corrected chi connectivity index (χ3v) is 7.24. The van der Waals surface area contributed by atoms with E-state index in [1.807, 2.05) is 0 Å². The van der Waals surface area contributed by atoms with E-state index in [-0.39, 0.29) is 21.2 Å². The van der Waals surface area contributed by atoms with Gasteiger partial charge in [-0.25, -0.2) is 21.9 Å². The fourth-order valence-corrected chi connectivity index (χ4v) is 5.06. The van der Waals surface area contributed by atoms with Crippen LogP contribution in [0.2, 0.25) is 0 Å². The first-order valence-corrected chi connectivity index (χ1v) is 12.7. The summed E-state index contributed by atoms with van der Waals surface area (Å²) in [5, 5.41) is 4.48. The van der Waals surface area contributed by atoms with E-state index < -0.39 is 26.7 Å². The lowest BCUT2D eigenvalue weighted by molar-refractivity contribution is 0.102. The van der Waals surface area contributed by atoms with E-state index in [0.29, 0.717) is 22.2 Å². The smallest absolute Gasteiger partial charge is 0.277 e. The van der Waals surface area contributed by atoms with Gasteiger partial charge in [0.05, 0.1) is 15.5 Å². The molecule has 1 amide bonds. The lowest BCUT2D eigenvalue weighted by Crippen LogP contribution is -2.16. The molecular weight excluding hydrogens is 490 g/mol. The molecule has 0 unspecified atom stereocenters. The first kappa shape index (κ1) is 24.0. The van der Waals surface area contributed by atoms with Crippen LogP contribution in [0.15, 0.2) is 82.6 Å². The number of amides is 1. The highest BCUT2D eigenvalue weighted by Crippen LogP contribution is 2.26. The number of rotatable bonds is 7. The molecule has 4 aromatic rings. The second kappa shape index (κ2) is 9.63. The highest BCUT2D eigenvalue weighted by molar-refractivity contribution is 7.91. The number of hydrogen-bond donors (Lipinski definition) is 3. The number of carbonyl (C=O) groups excluding carboxylic acids is 1. The number of nitrogens with one attached hydrogen (secondary N) is 2. The quantitative estimate of drug-likeness (QED) is 0.199. The molecule has 0 aliphatic heterocycles. The Labute approximate surface area is 203 Å². The largest absolute Gasteiger partial charge is 0.350 e. The molecule has 0 aliphatic carbocycles. The van der Waals surface area contributed by atoms with Crippen molar-refractivity contribution >= 4 is 49.0 Å². The SMILES string of the molecule is C#Cc1cccc(S(=O)(=O)c2cccc(NC(=O)c3cc4ccc(N(C)O[SH](=O)=O)cc4[nH]3)c2)c1. The minimum absolute atomic E-state index is 0.00510. The molecule has 35 heavy (non-hydrogen) atoms. The van der Waals surface area contributed by atoms with Crippen LogP contribution in [-0.2, 0) is 25.1 Å². The van der Waals surface area contributed by atoms with Gasteiger partial charge in [0.2, 0.25) is 9.84 Å². The molecule has 178 valence electrons. The third kappa shape index (κ3) is 5.20. The predicted molar refractivity (Wildman–Crippen MR) is 132 cm³/mol. The van der Waals surface area contributed by atoms with Gasteiger partial charge >= 0.3 is 0 Å². The van der Waals surface area contributed by atoms with Gasteiger partial charge in [-0.05, 0) is 54.6 Å². The molecule has 0 saturated heterocycles. The van der Waals surface area contributed by atoms with Crippen LogP contribution in [0.3, 0.4) is 0 Å². The van der Waals surface area contributed by atoms with E-state index in [9.17, 15) is 21.6 Å². The Kier molecular flexibility index (Phi) is 6.61. The number of aromatic nitrogens is 1. The Morgan fingerprint density at radius 1 is 1.03 bits per heavy atom. The molecule has 11 heteroatoms. The molecule has 0 saturated carbocycles. The summed E-state index contributed by atoms with van der Waals surface area (Å²) in [5.74, 6) is 1.93. The number of aromatic amines is 1.